The van der Waals surface area contributed by atoms with Crippen LogP contribution in [-0.2, 0) is 0 Å². The van der Waals surface area contributed by atoms with Gasteiger partial charge in [0.25, 0.3) is 0 Å². The predicted octanol–water partition coefficient (Wildman–Crippen LogP) is 3.06. The molecule has 0 radical (unpaired) electrons. The summed E-state index contributed by atoms with van der Waals surface area (Å²) in [6.45, 7) is 13.1. The third kappa shape index (κ3) is 1.32. The van der Waals surface area contributed by atoms with Gasteiger partial charge in [-0.2, -0.15) is 0 Å². The van der Waals surface area contributed by atoms with E-state index in [0.29, 0.717) is 10.8 Å². The van der Waals surface area contributed by atoms with Crippen LogP contribution in [0.2, 0.25) is 0 Å². The number of rotatable bonds is 4. The van der Waals surface area contributed by atoms with Crippen molar-refractivity contribution in [2.45, 2.75) is 53.5 Å². The molecule has 2 rings (SSSR count). The van der Waals surface area contributed by atoms with Crippen LogP contribution in [0.25, 0.3) is 0 Å². The van der Waals surface area contributed by atoms with Gasteiger partial charge in [0.15, 0.2) is 0 Å². The molecule has 1 atom stereocenters. The summed E-state index contributed by atoms with van der Waals surface area (Å²) in [7, 11) is 0. The van der Waals surface area contributed by atoms with E-state index in [0.717, 1.165) is 24.4 Å². The molecular weight excluding hydrogens is 170 g/mol. The molecule has 0 spiro atoms. The third-order valence-electron chi connectivity index (χ3n) is 5.06. The second kappa shape index (κ2) is 2.98. The fraction of sp³-hybridized carbons (Fsp3) is 1.00. The van der Waals surface area contributed by atoms with Crippen LogP contribution in [0.3, 0.4) is 0 Å². The highest BCUT2D eigenvalue weighted by atomic mass is 15.0. The van der Waals surface area contributed by atoms with Gasteiger partial charge >= 0.3 is 0 Å². The Morgan fingerprint density at radius 3 is 1.93 bits per heavy atom. The first-order valence-electron chi connectivity index (χ1n) is 6.16. The molecule has 2 aliphatic rings. The Bertz CT molecular complexity index is 211. The summed E-state index contributed by atoms with van der Waals surface area (Å²) in [5, 5.41) is 3.72. The number of hydrogen-bond donors (Lipinski definition) is 1. The van der Waals surface area contributed by atoms with Gasteiger partial charge < -0.3 is 5.32 Å². The zero-order valence-electron chi connectivity index (χ0n) is 10.4. The molecule has 1 unspecified atom stereocenters. The van der Waals surface area contributed by atoms with Crippen LogP contribution >= 0.6 is 0 Å². The van der Waals surface area contributed by atoms with E-state index in [1.54, 1.807) is 0 Å². The highest BCUT2D eigenvalue weighted by molar-refractivity contribution is 5.18. The maximum absolute atomic E-state index is 3.72. The minimum Gasteiger partial charge on any atom is -0.314 e. The molecule has 14 heavy (non-hydrogen) atoms. The molecule has 0 aromatic carbocycles. The molecule has 0 amide bonds. The first-order chi connectivity index (χ1) is 6.43. The molecule has 0 saturated heterocycles. The summed E-state index contributed by atoms with van der Waals surface area (Å²) in [5.74, 6) is 1.88. The van der Waals surface area contributed by atoms with Crippen molar-refractivity contribution >= 4 is 0 Å². The summed E-state index contributed by atoms with van der Waals surface area (Å²) >= 11 is 0. The minimum absolute atomic E-state index is 0.544. The normalized spacial score (nSPS) is 31.5. The SMILES string of the molecule is CCNC(C1CC1)C1C(C)(C)C1(C)C. The third-order valence-corrected chi connectivity index (χ3v) is 5.06. The molecule has 1 heteroatoms. The molecule has 82 valence electrons. The topological polar surface area (TPSA) is 12.0 Å². The maximum atomic E-state index is 3.72. The van der Waals surface area contributed by atoms with Crippen molar-refractivity contribution in [2.24, 2.45) is 22.7 Å². The van der Waals surface area contributed by atoms with Crippen molar-refractivity contribution < 1.29 is 0 Å². The molecule has 0 aromatic rings. The van der Waals surface area contributed by atoms with Gasteiger partial charge in [0.05, 0.1) is 0 Å². The fourth-order valence-corrected chi connectivity index (χ4v) is 3.39. The van der Waals surface area contributed by atoms with Crippen LogP contribution in [0.5, 0.6) is 0 Å². The Hall–Kier alpha value is -0.0400. The van der Waals surface area contributed by atoms with E-state index in [2.05, 4.69) is 39.9 Å². The second-order valence-corrected chi connectivity index (χ2v) is 6.34. The molecule has 0 heterocycles. The van der Waals surface area contributed by atoms with Crippen molar-refractivity contribution in [3.63, 3.8) is 0 Å². The first kappa shape index (κ1) is 10.5. The van der Waals surface area contributed by atoms with Crippen LogP contribution in [0.1, 0.15) is 47.5 Å². The Labute approximate surface area is 88.7 Å². The minimum atomic E-state index is 0.544. The van der Waals surface area contributed by atoms with E-state index in [1.165, 1.54) is 12.8 Å². The van der Waals surface area contributed by atoms with Crippen LogP contribution in [0.4, 0.5) is 0 Å². The molecule has 2 fully saturated rings. The molecule has 1 N–H and O–H groups in total. The summed E-state index contributed by atoms with van der Waals surface area (Å²) in [5.41, 5.74) is 1.09. The van der Waals surface area contributed by atoms with E-state index in [-0.39, 0.29) is 0 Å². The zero-order chi connectivity index (χ0) is 10.6. The van der Waals surface area contributed by atoms with Gasteiger partial charge in [0, 0.05) is 6.04 Å². The number of hydrogen-bond acceptors (Lipinski definition) is 1. The molecular formula is C13H25N. The van der Waals surface area contributed by atoms with Crippen LogP contribution in [-0.4, -0.2) is 12.6 Å². The lowest BCUT2D eigenvalue weighted by Crippen LogP contribution is -2.35. The van der Waals surface area contributed by atoms with Crippen molar-refractivity contribution in [3.05, 3.63) is 0 Å². The standard InChI is InChI=1S/C13H25N/c1-6-14-10(9-7-8-9)11-12(2,3)13(11,4)5/h9-11,14H,6-8H2,1-5H3. The largest absolute Gasteiger partial charge is 0.314 e. The second-order valence-electron chi connectivity index (χ2n) is 6.34. The van der Waals surface area contributed by atoms with Gasteiger partial charge in [0.2, 0.25) is 0 Å². The van der Waals surface area contributed by atoms with Gasteiger partial charge in [-0.25, -0.2) is 0 Å². The van der Waals surface area contributed by atoms with Gasteiger partial charge in [-0.3, -0.25) is 0 Å². The molecule has 2 saturated carbocycles. The van der Waals surface area contributed by atoms with Gasteiger partial charge in [-0.15, -0.1) is 0 Å². The van der Waals surface area contributed by atoms with Crippen molar-refractivity contribution in [3.8, 4) is 0 Å². The molecule has 0 aromatic heterocycles. The lowest BCUT2D eigenvalue weighted by Gasteiger charge is -2.19. The fourth-order valence-electron chi connectivity index (χ4n) is 3.39. The average Bonchev–Trinajstić information content (AvgIpc) is 2.90. The van der Waals surface area contributed by atoms with E-state index < -0.39 is 0 Å². The van der Waals surface area contributed by atoms with E-state index in [4.69, 9.17) is 0 Å². The Kier molecular flexibility index (Phi) is 2.23. The Balaban J connectivity index is 2.06. The maximum Gasteiger partial charge on any atom is 0.0134 e. The zero-order valence-corrected chi connectivity index (χ0v) is 10.4. The summed E-state index contributed by atoms with van der Waals surface area (Å²) in [6, 6.07) is 0.796. The average molecular weight is 195 g/mol. The summed E-state index contributed by atoms with van der Waals surface area (Å²) in [6.07, 6.45) is 2.92. The smallest absolute Gasteiger partial charge is 0.0134 e. The van der Waals surface area contributed by atoms with Gasteiger partial charge in [0.1, 0.15) is 0 Å². The summed E-state index contributed by atoms with van der Waals surface area (Å²) < 4.78 is 0. The monoisotopic (exact) mass is 195 g/mol. The van der Waals surface area contributed by atoms with Crippen LogP contribution < -0.4 is 5.32 Å². The van der Waals surface area contributed by atoms with E-state index >= 15 is 0 Å². The Morgan fingerprint density at radius 2 is 1.64 bits per heavy atom. The molecule has 1 nitrogen and oxygen atoms in total. The lowest BCUT2D eigenvalue weighted by atomic mass is 10.00. The number of nitrogens with one attached hydrogen (secondary N) is 1. The highest BCUT2D eigenvalue weighted by Gasteiger charge is 2.68. The molecule has 0 bridgehead atoms. The molecule has 0 aliphatic heterocycles. The van der Waals surface area contributed by atoms with E-state index in [9.17, 15) is 0 Å². The predicted molar refractivity (Wildman–Crippen MR) is 61.2 cm³/mol. The summed E-state index contributed by atoms with van der Waals surface area (Å²) in [4.78, 5) is 0. The van der Waals surface area contributed by atoms with Crippen molar-refractivity contribution in [1.82, 2.24) is 5.32 Å². The van der Waals surface area contributed by atoms with Crippen LogP contribution in [0, 0.1) is 22.7 Å². The van der Waals surface area contributed by atoms with E-state index in [1.807, 2.05) is 0 Å². The quantitative estimate of drug-likeness (QED) is 0.727. The first-order valence-corrected chi connectivity index (χ1v) is 6.16. The van der Waals surface area contributed by atoms with Crippen molar-refractivity contribution in [1.29, 1.82) is 0 Å². The molecule has 2 aliphatic carbocycles. The van der Waals surface area contributed by atoms with Crippen LogP contribution in [0.15, 0.2) is 0 Å². The van der Waals surface area contributed by atoms with Gasteiger partial charge in [-0.05, 0) is 42.1 Å². The lowest BCUT2D eigenvalue weighted by molar-refractivity contribution is 0.368. The highest BCUT2D eigenvalue weighted by Crippen LogP contribution is 2.71. The van der Waals surface area contributed by atoms with Crippen molar-refractivity contribution in [2.75, 3.05) is 6.54 Å². The Morgan fingerprint density at radius 1 is 1.14 bits per heavy atom. The van der Waals surface area contributed by atoms with Gasteiger partial charge in [-0.1, -0.05) is 34.6 Å².